The number of hydrogen-bond donors (Lipinski definition) is 2. The van der Waals surface area contributed by atoms with E-state index in [2.05, 4.69) is 15.9 Å². The number of nitrogens with one attached hydrogen (secondary N) is 1. The first kappa shape index (κ1) is 12.2. The minimum Gasteiger partial charge on any atom is -0.496 e. The number of benzene rings is 1. The number of rotatable bonds is 4. The van der Waals surface area contributed by atoms with E-state index in [4.69, 9.17) is 14.7 Å². The molecule has 0 heterocycles. The van der Waals surface area contributed by atoms with Gasteiger partial charge >= 0.3 is 0 Å². The van der Waals surface area contributed by atoms with Crippen LogP contribution in [0.4, 0.5) is 4.39 Å². The monoisotopic (exact) mass is 279 g/mol. The van der Waals surface area contributed by atoms with Crippen LogP contribution in [0, 0.1) is 5.82 Å². The molecule has 1 aromatic carbocycles. The van der Waals surface area contributed by atoms with Crippen LogP contribution in [0.5, 0.6) is 11.5 Å². The molecule has 0 aliphatic heterocycles. The standard InChI is InChI=1S/C9H11BrFNO3/c1-14-6-3-7(15-2)8(10)9(11)5(6)4-12-13/h3,12-13H,4H2,1-2H3. The van der Waals surface area contributed by atoms with Gasteiger partial charge in [0.25, 0.3) is 0 Å². The Morgan fingerprint density at radius 3 is 2.47 bits per heavy atom. The number of hydroxylamine groups is 1. The van der Waals surface area contributed by atoms with Crippen molar-refractivity contribution < 1.29 is 19.1 Å². The van der Waals surface area contributed by atoms with Gasteiger partial charge in [-0.25, -0.2) is 9.87 Å². The second-order valence-electron chi connectivity index (χ2n) is 2.72. The van der Waals surface area contributed by atoms with E-state index in [1.54, 1.807) is 6.07 Å². The van der Waals surface area contributed by atoms with Crippen molar-refractivity contribution in [3.05, 3.63) is 21.9 Å². The predicted octanol–water partition coefficient (Wildman–Crippen LogP) is 2.08. The summed E-state index contributed by atoms with van der Waals surface area (Å²) in [5.74, 6) is 0.132. The first-order valence-corrected chi connectivity index (χ1v) is 4.90. The fraction of sp³-hybridized carbons (Fsp3) is 0.333. The summed E-state index contributed by atoms with van der Waals surface area (Å²) in [5.41, 5.74) is 2.11. The van der Waals surface area contributed by atoms with Gasteiger partial charge in [-0.05, 0) is 15.9 Å². The normalized spacial score (nSPS) is 10.2. The van der Waals surface area contributed by atoms with Crippen molar-refractivity contribution in [2.24, 2.45) is 0 Å². The maximum atomic E-state index is 13.7. The van der Waals surface area contributed by atoms with Gasteiger partial charge in [-0.2, -0.15) is 0 Å². The molecule has 0 aliphatic carbocycles. The molecule has 6 heteroatoms. The van der Waals surface area contributed by atoms with E-state index in [1.807, 2.05) is 5.48 Å². The maximum absolute atomic E-state index is 13.7. The molecule has 0 saturated carbocycles. The van der Waals surface area contributed by atoms with Gasteiger partial charge < -0.3 is 14.7 Å². The third-order valence-corrected chi connectivity index (χ3v) is 2.67. The van der Waals surface area contributed by atoms with Crippen LogP contribution in [-0.4, -0.2) is 19.4 Å². The van der Waals surface area contributed by atoms with Crippen molar-refractivity contribution in [1.82, 2.24) is 5.48 Å². The van der Waals surface area contributed by atoms with E-state index < -0.39 is 5.82 Å². The van der Waals surface area contributed by atoms with Crippen LogP contribution < -0.4 is 15.0 Å². The van der Waals surface area contributed by atoms with Crippen molar-refractivity contribution in [3.63, 3.8) is 0 Å². The minimum absolute atomic E-state index is 0.0440. The predicted molar refractivity (Wildman–Crippen MR) is 55.8 cm³/mol. The molecule has 0 fully saturated rings. The van der Waals surface area contributed by atoms with E-state index in [1.165, 1.54) is 14.2 Å². The summed E-state index contributed by atoms with van der Waals surface area (Å²) in [6, 6.07) is 1.54. The smallest absolute Gasteiger partial charge is 0.149 e. The largest absolute Gasteiger partial charge is 0.496 e. The molecule has 1 aromatic rings. The Morgan fingerprint density at radius 2 is 2.00 bits per heavy atom. The molecule has 2 N–H and O–H groups in total. The summed E-state index contributed by atoms with van der Waals surface area (Å²) in [6.45, 7) is -0.0440. The fourth-order valence-electron chi connectivity index (χ4n) is 1.19. The molecule has 0 aliphatic rings. The second kappa shape index (κ2) is 5.29. The highest BCUT2D eigenvalue weighted by molar-refractivity contribution is 9.10. The highest BCUT2D eigenvalue weighted by Crippen LogP contribution is 2.36. The average molecular weight is 280 g/mol. The molecule has 0 radical (unpaired) electrons. The molecule has 1 rings (SSSR count). The molecule has 84 valence electrons. The van der Waals surface area contributed by atoms with Crippen LogP contribution in [0.3, 0.4) is 0 Å². The molecule has 0 unspecified atom stereocenters. The highest BCUT2D eigenvalue weighted by Gasteiger charge is 2.17. The molecular weight excluding hydrogens is 269 g/mol. The lowest BCUT2D eigenvalue weighted by Crippen LogP contribution is -2.10. The van der Waals surface area contributed by atoms with Gasteiger partial charge in [0.15, 0.2) is 0 Å². The first-order valence-electron chi connectivity index (χ1n) is 4.11. The van der Waals surface area contributed by atoms with Crippen LogP contribution in [-0.2, 0) is 6.54 Å². The van der Waals surface area contributed by atoms with Gasteiger partial charge in [0.1, 0.15) is 17.3 Å². The van der Waals surface area contributed by atoms with Crippen LogP contribution in [0.15, 0.2) is 10.5 Å². The lowest BCUT2D eigenvalue weighted by molar-refractivity contribution is 0.158. The summed E-state index contributed by atoms with van der Waals surface area (Å²) in [4.78, 5) is 0. The van der Waals surface area contributed by atoms with E-state index >= 15 is 0 Å². The van der Waals surface area contributed by atoms with Gasteiger partial charge in [-0.1, -0.05) is 0 Å². The number of methoxy groups -OCH3 is 2. The van der Waals surface area contributed by atoms with Gasteiger partial charge in [-0.3, -0.25) is 0 Å². The maximum Gasteiger partial charge on any atom is 0.149 e. The molecule has 0 bridgehead atoms. The highest BCUT2D eigenvalue weighted by atomic mass is 79.9. The molecular formula is C9H11BrFNO3. The Kier molecular flexibility index (Phi) is 4.31. The summed E-state index contributed by atoms with van der Waals surface area (Å²) in [7, 11) is 2.85. The van der Waals surface area contributed by atoms with E-state index in [0.29, 0.717) is 11.5 Å². The third-order valence-electron chi connectivity index (χ3n) is 1.93. The van der Waals surface area contributed by atoms with Crippen LogP contribution in [0.2, 0.25) is 0 Å². The van der Waals surface area contributed by atoms with Crippen LogP contribution >= 0.6 is 15.9 Å². The van der Waals surface area contributed by atoms with Crippen molar-refractivity contribution >= 4 is 15.9 Å². The zero-order chi connectivity index (χ0) is 11.4. The topological polar surface area (TPSA) is 50.7 Å². The Hall–Kier alpha value is -0.850. The molecule has 0 saturated heterocycles. The van der Waals surface area contributed by atoms with Crippen molar-refractivity contribution in [1.29, 1.82) is 0 Å². The first-order chi connectivity index (χ1) is 7.15. The molecule has 0 amide bonds. The number of halogens is 2. The lowest BCUT2D eigenvalue weighted by atomic mass is 10.2. The van der Waals surface area contributed by atoms with Gasteiger partial charge in [0, 0.05) is 11.6 Å². The van der Waals surface area contributed by atoms with E-state index in [0.717, 1.165) is 0 Å². The van der Waals surface area contributed by atoms with Gasteiger partial charge in [0.05, 0.1) is 25.2 Å². The van der Waals surface area contributed by atoms with Crippen LogP contribution in [0.25, 0.3) is 0 Å². The van der Waals surface area contributed by atoms with Crippen molar-refractivity contribution in [3.8, 4) is 11.5 Å². The second-order valence-corrected chi connectivity index (χ2v) is 3.52. The van der Waals surface area contributed by atoms with Gasteiger partial charge in [-0.15, -0.1) is 0 Å². The summed E-state index contributed by atoms with van der Waals surface area (Å²) in [5, 5.41) is 8.56. The third kappa shape index (κ3) is 2.39. The SMILES string of the molecule is COc1cc(OC)c(CNO)c(F)c1Br. The molecule has 0 spiro atoms. The number of ether oxygens (including phenoxy) is 2. The zero-order valence-electron chi connectivity index (χ0n) is 8.30. The van der Waals surface area contributed by atoms with Crippen molar-refractivity contribution in [2.75, 3.05) is 14.2 Å². The van der Waals surface area contributed by atoms with Crippen LogP contribution in [0.1, 0.15) is 5.56 Å². The molecule has 0 aromatic heterocycles. The minimum atomic E-state index is -0.521. The van der Waals surface area contributed by atoms with E-state index in [9.17, 15) is 4.39 Å². The Morgan fingerprint density at radius 1 is 1.40 bits per heavy atom. The molecule has 0 atom stereocenters. The quantitative estimate of drug-likeness (QED) is 0.829. The van der Waals surface area contributed by atoms with Gasteiger partial charge in [0.2, 0.25) is 0 Å². The van der Waals surface area contributed by atoms with Crippen molar-refractivity contribution in [2.45, 2.75) is 6.54 Å². The molecule has 15 heavy (non-hydrogen) atoms. The summed E-state index contributed by atoms with van der Waals surface area (Å²) in [6.07, 6.45) is 0. The molecule has 4 nitrogen and oxygen atoms in total. The fourth-order valence-corrected chi connectivity index (χ4v) is 1.71. The summed E-state index contributed by atoms with van der Waals surface area (Å²) >= 11 is 3.06. The Bertz CT molecular complexity index is 360. The Labute approximate surface area is 95.1 Å². The summed E-state index contributed by atoms with van der Waals surface area (Å²) < 4.78 is 23.9. The number of hydrogen-bond acceptors (Lipinski definition) is 4. The average Bonchev–Trinajstić information content (AvgIpc) is 2.25. The lowest BCUT2D eigenvalue weighted by Gasteiger charge is -2.13. The zero-order valence-corrected chi connectivity index (χ0v) is 9.89. The Balaban J connectivity index is 3.30. The van der Waals surface area contributed by atoms with E-state index in [-0.39, 0.29) is 16.6 Å².